The highest BCUT2D eigenvalue weighted by molar-refractivity contribution is 9.10. The lowest BCUT2D eigenvalue weighted by Gasteiger charge is -1.90. The van der Waals surface area contributed by atoms with Gasteiger partial charge < -0.3 is 0 Å². The second kappa shape index (κ2) is 2.83. The van der Waals surface area contributed by atoms with E-state index in [0.717, 1.165) is 10.0 Å². The molecule has 0 spiro atoms. The van der Waals surface area contributed by atoms with Crippen molar-refractivity contribution in [3.05, 3.63) is 40.9 Å². The van der Waals surface area contributed by atoms with Gasteiger partial charge in [0.2, 0.25) is 0 Å². The summed E-state index contributed by atoms with van der Waals surface area (Å²) in [6.07, 6.45) is 1.79. The number of hydrogen-bond donors (Lipinski definition) is 0. The molecule has 0 aliphatic heterocycles. The van der Waals surface area contributed by atoms with Crippen molar-refractivity contribution in [3.8, 4) is 0 Å². The molecule has 0 aliphatic rings. The van der Waals surface area contributed by atoms with Crippen LogP contribution < -0.4 is 0 Å². The minimum atomic E-state index is 1.04. The number of halogens is 1. The first kappa shape index (κ1) is 6.56. The minimum Gasteiger partial charge on any atom is -0.0985 e. The van der Waals surface area contributed by atoms with E-state index in [-0.39, 0.29) is 0 Å². The molecule has 0 unspecified atom stereocenters. The van der Waals surface area contributed by atoms with Gasteiger partial charge in [0.25, 0.3) is 0 Å². The van der Waals surface area contributed by atoms with Gasteiger partial charge in [-0.15, -0.1) is 0 Å². The zero-order chi connectivity index (χ0) is 6.69. The van der Waals surface area contributed by atoms with Gasteiger partial charge in [0.1, 0.15) is 0 Å². The first-order valence-corrected chi connectivity index (χ1v) is 3.41. The molecule has 1 aromatic carbocycles. The summed E-state index contributed by atoms with van der Waals surface area (Å²) in [7, 11) is 0. The van der Waals surface area contributed by atoms with Crippen molar-refractivity contribution in [2.75, 3.05) is 0 Å². The molecule has 1 aromatic rings. The molecule has 1 heteroatoms. The smallest absolute Gasteiger partial charge is 0.0187 e. The molecule has 0 aromatic heterocycles. The Bertz CT molecular complexity index is 216. The molecular weight excluding hydrogens is 176 g/mol. The summed E-state index contributed by atoms with van der Waals surface area (Å²) in [6.45, 7) is 3.63. The van der Waals surface area contributed by atoms with E-state index in [1.165, 1.54) is 0 Å². The van der Waals surface area contributed by atoms with E-state index in [2.05, 4.69) is 28.6 Å². The third kappa shape index (κ3) is 1.68. The molecule has 0 atom stereocenters. The van der Waals surface area contributed by atoms with E-state index in [0.29, 0.717) is 0 Å². The molecule has 1 radical (unpaired) electrons. The van der Waals surface area contributed by atoms with E-state index in [1.54, 1.807) is 6.08 Å². The van der Waals surface area contributed by atoms with Gasteiger partial charge in [-0.3, -0.25) is 0 Å². The predicted molar refractivity (Wildman–Crippen MR) is 43.1 cm³/mol. The van der Waals surface area contributed by atoms with Gasteiger partial charge >= 0.3 is 0 Å². The fourth-order valence-corrected chi connectivity index (χ4v) is 0.974. The molecule has 0 aliphatic carbocycles. The predicted octanol–water partition coefficient (Wildman–Crippen LogP) is 2.89. The third-order valence-corrected chi connectivity index (χ3v) is 1.47. The highest BCUT2D eigenvalue weighted by Gasteiger charge is 1.85. The van der Waals surface area contributed by atoms with E-state index in [9.17, 15) is 0 Å². The Balaban J connectivity index is 3.07. The standard InChI is InChI=1S/C8H6Br/c1-2-7-4-3-5-8(9)6-7/h2,4-6H,1H2. The number of rotatable bonds is 1. The SMILES string of the molecule is C=Cc1c[c]cc(Br)c1. The van der Waals surface area contributed by atoms with Crippen LogP contribution in [0.25, 0.3) is 6.08 Å². The van der Waals surface area contributed by atoms with Crippen LogP contribution in [0.1, 0.15) is 5.56 Å². The second-order valence-electron chi connectivity index (χ2n) is 1.69. The summed E-state index contributed by atoms with van der Waals surface area (Å²) >= 11 is 3.32. The van der Waals surface area contributed by atoms with Gasteiger partial charge in [0.15, 0.2) is 0 Å². The Morgan fingerprint density at radius 1 is 1.56 bits per heavy atom. The second-order valence-corrected chi connectivity index (χ2v) is 2.60. The molecule has 0 N–H and O–H groups in total. The highest BCUT2D eigenvalue weighted by atomic mass is 79.9. The zero-order valence-electron chi connectivity index (χ0n) is 4.89. The Morgan fingerprint density at radius 3 is 2.78 bits per heavy atom. The van der Waals surface area contributed by atoms with Crippen LogP contribution in [0.3, 0.4) is 0 Å². The maximum absolute atomic E-state index is 3.63. The molecule has 0 saturated carbocycles. The first-order chi connectivity index (χ1) is 4.33. The minimum absolute atomic E-state index is 1.04. The molecule has 0 saturated heterocycles. The Morgan fingerprint density at radius 2 is 2.33 bits per heavy atom. The molecule has 0 nitrogen and oxygen atoms in total. The van der Waals surface area contributed by atoms with E-state index in [4.69, 9.17) is 0 Å². The molecule has 0 bridgehead atoms. The Labute approximate surface area is 63.3 Å². The van der Waals surface area contributed by atoms with Gasteiger partial charge in [-0.2, -0.15) is 0 Å². The van der Waals surface area contributed by atoms with Gasteiger partial charge in [0.05, 0.1) is 0 Å². The van der Waals surface area contributed by atoms with Crippen molar-refractivity contribution < 1.29 is 0 Å². The highest BCUT2D eigenvalue weighted by Crippen LogP contribution is 2.11. The quantitative estimate of drug-likeness (QED) is 0.626. The fraction of sp³-hybridized carbons (Fsp3) is 0. The summed E-state index contributed by atoms with van der Waals surface area (Å²) < 4.78 is 1.04. The van der Waals surface area contributed by atoms with Gasteiger partial charge in [-0.05, 0) is 29.8 Å². The molecule has 0 fully saturated rings. The van der Waals surface area contributed by atoms with Crippen LogP contribution in [0.4, 0.5) is 0 Å². The summed E-state index contributed by atoms with van der Waals surface area (Å²) in [5.41, 5.74) is 1.09. The van der Waals surface area contributed by atoms with Crippen molar-refractivity contribution >= 4 is 22.0 Å². The molecule has 1 rings (SSSR count). The van der Waals surface area contributed by atoms with Gasteiger partial charge in [0, 0.05) is 4.47 Å². The van der Waals surface area contributed by atoms with Crippen LogP contribution in [0.2, 0.25) is 0 Å². The topological polar surface area (TPSA) is 0 Å². The van der Waals surface area contributed by atoms with E-state index >= 15 is 0 Å². The van der Waals surface area contributed by atoms with Crippen LogP contribution in [-0.4, -0.2) is 0 Å². The monoisotopic (exact) mass is 181 g/mol. The van der Waals surface area contributed by atoms with Crippen LogP contribution in [0.15, 0.2) is 29.3 Å². The van der Waals surface area contributed by atoms with Gasteiger partial charge in [-0.25, -0.2) is 0 Å². The molecular formula is C8H6Br. The van der Waals surface area contributed by atoms with Crippen LogP contribution >= 0.6 is 15.9 Å². The van der Waals surface area contributed by atoms with E-state index < -0.39 is 0 Å². The molecule has 45 valence electrons. The summed E-state index contributed by atoms with van der Waals surface area (Å²) in [5, 5.41) is 0. The van der Waals surface area contributed by atoms with Crippen molar-refractivity contribution in [1.29, 1.82) is 0 Å². The normalized spacial score (nSPS) is 9.00. The molecule has 0 amide bonds. The molecule has 0 heterocycles. The van der Waals surface area contributed by atoms with E-state index in [1.807, 2.05) is 18.2 Å². The summed E-state index contributed by atoms with van der Waals surface area (Å²) in [5.74, 6) is 0. The Hall–Kier alpha value is -0.560. The summed E-state index contributed by atoms with van der Waals surface area (Å²) in [4.78, 5) is 0. The van der Waals surface area contributed by atoms with Crippen molar-refractivity contribution in [2.24, 2.45) is 0 Å². The number of benzene rings is 1. The number of hydrogen-bond acceptors (Lipinski definition) is 0. The van der Waals surface area contributed by atoms with Crippen molar-refractivity contribution in [1.82, 2.24) is 0 Å². The van der Waals surface area contributed by atoms with Gasteiger partial charge in [-0.1, -0.05) is 28.6 Å². The fourth-order valence-electron chi connectivity index (χ4n) is 0.578. The maximum atomic E-state index is 3.63. The summed E-state index contributed by atoms with van der Waals surface area (Å²) in [6, 6.07) is 8.71. The average molecular weight is 182 g/mol. The van der Waals surface area contributed by atoms with Crippen LogP contribution in [0, 0.1) is 6.07 Å². The lowest BCUT2D eigenvalue weighted by Crippen LogP contribution is -1.68. The van der Waals surface area contributed by atoms with Crippen molar-refractivity contribution in [3.63, 3.8) is 0 Å². The van der Waals surface area contributed by atoms with Crippen molar-refractivity contribution in [2.45, 2.75) is 0 Å². The zero-order valence-corrected chi connectivity index (χ0v) is 6.48. The lowest BCUT2D eigenvalue weighted by atomic mass is 10.2. The largest absolute Gasteiger partial charge is 0.0985 e. The van der Waals surface area contributed by atoms with Crippen LogP contribution in [0.5, 0.6) is 0 Å². The first-order valence-electron chi connectivity index (χ1n) is 2.62. The Kier molecular flexibility index (Phi) is 2.06. The average Bonchev–Trinajstić information content (AvgIpc) is 1.88. The molecule has 9 heavy (non-hydrogen) atoms. The lowest BCUT2D eigenvalue weighted by molar-refractivity contribution is 1.60. The maximum Gasteiger partial charge on any atom is 0.0187 e. The third-order valence-electron chi connectivity index (χ3n) is 1.01. The van der Waals surface area contributed by atoms with Crippen LogP contribution in [-0.2, 0) is 0 Å².